The number of hydrogen-bond acceptors (Lipinski definition) is 16. The molecule has 0 bridgehead atoms. The van der Waals surface area contributed by atoms with Gasteiger partial charge in [0.05, 0.1) is 24.8 Å². The maximum atomic E-state index is 15.4. The monoisotopic (exact) mass is 1350 g/mol. The molecule has 0 aromatic carbocycles. The van der Waals surface area contributed by atoms with Crippen molar-refractivity contribution in [3.63, 3.8) is 0 Å². The third-order valence-electron chi connectivity index (χ3n) is 17.9. The lowest BCUT2D eigenvalue weighted by molar-refractivity contribution is -0.160. The highest BCUT2D eigenvalue weighted by Crippen LogP contribution is 2.27. The summed E-state index contributed by atoms with van der Waals surface area (Å²) < 4.78 is 5.02. The fourth-order valence-electron chi connectivity index (χ4n) is 12.1. The normalized spacial score (nSPS) is 26.1. The largest absolute Gasteiger partial charge is 0.444 e. The first-order chi connectivity index (χ1) is 43.7. The highest BCUT2D eigenvalue weighted by atomic mass is 16.5. The van der Waals surface area contributed by atoms with Gasteiger partial charge in [-0.3, -0.25) is 62.3 Å². The summed E-state index contributed by atoms with van der Waals surface area (Å²) in [6, 6.07) is -14.3. The molecule has 1 heterocycles. The first-order valence-electron chi connectivity index (χ1n) is 33.5. The maximum absolute atomic E-state index is 15.4. The van der Waals surface area contributed by atoms with Gasteiger partial charge in [-0.2, -0.15) is 0 Å². The summed E-state index contributed by atoms with van der Waals surface area (Å²) in [5.74, 6) is -11.9. The van der Waals surface area contributed by atoms with Crippen LogP contribution in [-0.2, 0) is 67.1 Å². The summed E-state index contributed by atoms with van der Waals surface area (Å²) in [4.78, 5) is 195. The molecule has 12 amide bonds. The molecule has 1 fully saturated rings. The third-order valence-corrected chi connectivity index (χ3v) is 17.9. The van der Waals surface area contributed by atoms with Gasteiger partial charge in [0.25, 0.3) is 6.47 Å². The minimum Gasteiger partial charge on any atom is -0.444 e. The number of carbonyl (C=O) groups is 13. The number of nitrogens with zero attached hydrogens (tertiary/aromatic N) is 8. The number of amides is 12. The van der Waals surface area contributed by atoms with E-state index in [1.165, 1.54) is 110 Å². The first kappa shape index (κ1) is 86.0. The lowest BCUT2D eigenvalue weighted by Crippen LogP contribution is -2.63. The number of nitrogens with one attached hydrogen (secondary N) is 4. The van der Waals surface area contributed by atoms with Crippen molar-refractivity contribution in [3.8, 4) is 0 Å². The number of carbonyl (C=O) groups excluding carboxylic acids is 13. The predicted octanol–water partition coefficient (Wildman–Crippen LogP) is 1.81. The highest BCUT2D eigenvalue weighted by molar-refractivity contribution is 5.99. The Balaban J connectivity index is 4.45. The molecule has 0 radical (unpaired) electrons. The van der Waals surface area contributed by atoms with Crippen LogP contribution in [0, 0.1) is 41.4 Å². The Morgan fingerprint density at radius 3 is 1.38 bits per heavy atom. The molecule has 0 aromatic heterocycles. The minimum absolute atomic E-state index is 0.0715. The molecule has 28 heteroatoms. The number of likely N-dealkylation sites (N-methyl/N-ethyl adjacent to an activating group) is 7. The summed E-state index contributed by atoms with van der Waals surface area (Å²) >= 11 is 0. The van der Waals surface area contributed by atoms with Gasteiger partial charge in [0.15, 0.2) is 6.23 Å². The first-order valence-corrected chi connectivity index (χ1v) is 33.5. The number of ether oxygens (including phenoxy) is 1. The molecule has 0 saturated carbocycles. The van der Waals surface area contributed by atoms with Crippen LogP contribution in [0.4, 0.5) is 0 Å². The van der Waals surface area contributed by atoms with Crippen molar-refractivity contribution in [2.24, 2.45) is 41.4 Å². The van der Waals surface area contributed by atoms with Crippen molar-refractivity contribution in [2.75, 3.05) is 55.9 Å². The topological polar surface area (TPSA) is 346 Å². The van der Waals surface area contributed by atoms with Gasteiger partial charge in [0, 0.05) is 56.3 Å². The van der Waals surface area contributed by atoms with E-state index in [1.54, 1.807) is 34.6 Å². The summed E-state index contributed by atoms with van der Waals surface area (Å²) in [6.07, 6.45) is -4.38. The second kappa shape index (κ2) is 38.7. The van der Waals surface area contributed by atoms with E-state index in [1.807, 2.05) is 55.4 Å². The van der Waals surface area contributed by atoms with E-state index < -0.39 is 180 Å². The quantitative estimate of drug-likeness (QED) is 0.0748. The van der Waals surface area contributed by atoms with Crippen molar-refractivity contribution in [1.82, 2.24) is 60.5 Å². The second-order valence-corrected chi connectivity index (χ2v) is 28.6. The molecule has 15 atom stereocenters. The van der Waals surface area contributed by atoms with E-state index in [9.17, 15) is 53.4 Å². The van der Waals surface area contributed by atoms with Crippen LogP contribution in [0.2, 0.25) is 0 Å². The van der Waals surface area contributed by atoms with E-state index in [0.29, 0.717) is 0 Å². The van der Waals surface area contributed by atoms with Gasteiger partial charge in [-0.05, 0) is 108 Å². The van der Waals surface area contributed by atoms with E-state index in [-0.39, 0.29) is 68.7 Å². The zero-order valence-corrected chi connectivity index (χ0v) is 61.8. The fraction of sp³-hybridized carbons (Fsp3) is 0.806. The SMILES string of the molecule is CC[C@@H]1NC(=O)C([C@H](O)[C@H](C)CC(O)C(C)N(C(C)=O)C(C)OC=O)N(C)C(=O)[C@H](C(C)C)N(C)C(=O)[C@H](CC(C)C)N(C)C(=O)[C@H](CC(C)C)N(C)C(=O)[C@H](C)NC(=O)[C@H](C)NC(=O)[C@H](CC(C)C)N(C)C(=O)[C@H](C(C)C)NC(=O)[C@H](CC(C)C)N(C)C(=O)CN(C)C1=O. The molecule has 6 N–H and O–H groups in total. The maximum Gasteiger partial charge on any atom is 0.294 e. The molecule has 1 aliphatic heterocycles. The van der Waals surface area contributed by atoms with Crippen LogP contribution >= 0.6 is 0 Å². The van der Waals surface area contributed by atoms with Crippen LogP contribution in [0.1, 0.15) is 170 Å². The van der Waals surface area contributed by atoms with Crippen molar-refractivity contribution in [1.29, 1.82) is 0 Å². The summed E-state index contributed by atoms with van der Waals surface area (Å²) in [6.45, 7) is 31.0. The smallest absolute Gasteiger partial charge is 0.294 e. The van der Waals surface area contributed by atoms with Gasteiger partial charge in [-0.25, -0.2) is 0 Å². The number of hydrogen-bond donors (Lipinski definition) is 6. The van der Waals surface area contributed by atoms with Gasteiger partial charge in [0.2, 0.25) is 70.9 Å². The Morgan fingerprint density at radius 2 is 0.937 bits per heavy atom. The molecule has 1 rings (SSSR count). The molecular formula is C67H120N12O16. The van der Waals surface area contributed by atoms with Crippen molar-refractivity contribution < 1.29 is 77.3 Å². The fourth-order valence-corrected chi connectivity index (χ4v) is 12.1. The molecular weight excluding hydrogens is 1230 g/mol. The zero-order valence-electron chi connectivity index (χ0n) is 61.8. The van der Waals surface area contributed by atoms with Crippen LogP contribution in [-0.4, -0.2) is 268 Å². The van der Waals surface area contributed by atoms with Gasteiger partial charge in [0.1, 0.15) is 60.4 Å². The lowest BCUT2D eigenvalue weighted by atomic mass is 9.88. The predicted molar refractivity (Wildman–Crippen MR) is 358 cm³/mol. The van der Waals surface area contributed by atoms with Crippen LogP contribution in [0.25, 0.3) is 0 Å². The van der Waals surface area contributed by atoms with Crippen LogP contribution < -0.4 is 21.3 Å². The van der Waals surface area contributed by atoms with E-state index >= 15 is 19.2 Å². The Morgan fingerprint density at radius 1 is 0.516 bits per heavy atom. The standard InChI is InChI=1S/C67H120N12O16/c1-27-47-63(90)72(20)33-53(83)73(21)48(28-35(2)3)60(87)71-54(39(10)11)66(93)74(22)49(29-36(4)5)59(86)68-42(15)58(85)69-43(16)62(89)75(23)50(30-37(6)7)64(91)76(24)51(31-38(8)9)65(92)77(25)55(40(12)13)67(94)78(26)56(61(88)70-47)57(84)41(14)32-52(82)44(17)79(45(18)81)46(19)95-34-80/h34-44,46-52,54-57,82,84H,27-33H2,1-26H3,(H,68,86)(H,69,85)(H,70,88)(H,71,87)/t41-,42+,43+,44?,46?,47+,48+,49+,50+,51+,52?,54+,55+,56?,57-/m1/s1. The minimum atomic E-state index is -1.88. The molecule has 0 spiro atoms. The summed E-state index contributed by atoms with van der Waals surface area (Å²) in [7, 11) is 9.54. The Labute approximate surface area is 565 Å². The van der Waals surface area contributed by atoms with Gasteiger partial charge in [-0.15, -0.1) is 0 Å². The molecule has 28 nitrogen and oxygen atoms in total. The van der Waals surface area contributed by atoms with Crippen LogP contribution in [0.15, 0.2) is 0 Å². The molecule has 4 unspecified atom stereocenters. The molecule has 0 aliphatic carbocycles. The molecule has 0 aromatic rings. The zero-order chi connectivity index (χ0) is 73.9. The van der Waals surface area contributed by atoms with Crippen molar-refractivity contribution in [2.45, 2.75) is 255 Å². The lowest BCUT2D eigenvalue weighted by Gasteiger charge is -2.42. The van der Waals surface area contributed by atoms with Gasteiger partial charge >= 0.3 is 0 Å². The average molecular weight is 1350 g/mol. The Bertz CT molecular complexity index is 2640. The molecule has 1 saturated heterocycles. The highest BCUT2D eigenvalue weighted by Gasteiger charge is 2.46. The number of rotatable bonds is 20. The Hall–Kier alpha value is -6.97. The van der Waals surface area contributed by atoms with Crippen molar-refractivity contribution in [3.05, 3.63) is 0 Å². The van der Waals surface area contributed by atoms with Crippen LogP contribution in [0.5, 0.6) is 0 Å². The summed E-state index contributed by atoms with van der Waals surface area (Å²) in [5, 5.41) is 35.0. The third kappa shape index (κ3) is 24.0. The van der Waals surface area contributed by atoms with E-state index in [4.69, 9.17) is 4.74 Å². The molecule has 544 valence electrons. The van der Waals surface area contributed by atoms with Crippen molar-refractivity contribution >= 4 is 77.4 Å². The van der Waals surface area contributed by atoms with E-state index in [2.05, 4.69) is 21.3 Å². The number of aliphatic hydroxyl groups excluding tert-OH is 2. The molecule has 1 aliphatic rings. The average Bonchev–Trinajstić information content (AvgIpc) is 0.807. The van der Waals surface area contributed by atoms with Gasteiger partial charge < -0.3 is 75.4 Å². The second-order valence-electron chi connectivity index (χ2n) is 28.6. The molecule has 95 heavy (non-hydrogen) atoms. The summed E-state index contributed by atoms with van der Waals surface area (Å²) in [5.41, 5.74) is 0. The number of aliphatic hydroxyl groups is 2. The van der Waals surface area contributed by atoms with E-state index in [0.717, 1.165) is 19.6 Å². The Kier molecular flexibility index (Phi) is 35.0. The van der Waals surface area contributed by atoms with Gasteiger partial charge in [-0.1, -0.05) is 96.9 Å². The van der Waals surface area contributed by atoms with Crippen LogP contribution in [0.3, 0.4) is 0 Å².